The molecular formula is C22H28O2S2. The maximum Gasteiger partial charge on any atom is 0.303 e. The van der Waals surface area contributed by atoms with Gasteiger partial charge in [0.05, 0.1) is 2.74 Å². The standard InChI is InChI=1S/C22H28O2S2/c23-22(24)14-8-7-13-21(26-18-20-11-5-2-6-12-20)15-16-25-17-19-9-3-1-4-10-19/h1-6,9-12,21H,7-8,13-18H2,(H,23,24)/i3D,10D. The fraction of sp³-hybridized carbons (Fsp3) is 0.409. The Kier molecular flexibility index (Phi) is 8.92. The number of hydrogen-bond donors (Lipinski definition) is 1. The van der Waals surface area contributed by atoms with Gasteiger partial charge in [-0.1, -0.05) is 67.0 Å². The van der Waals surface area contributed by atoms with Crippen LogP contribution in [0.4, 0.5) is 0 Å². The zero-order valence-electron chi connectivity index (χ0n) is 17.0. The van der Waals surface area contributed by atoms with Gasteiger partial charge in [0.15, 0.2) is 0 Å². The second-order valence-corrected chi connectivity index (χ2v) is 8.61. The molecule has 0 amide bonds. The summed E-state index contributed by atoms with van der Waals surface area (Å²) in [6, 6.07) is 16.5. The van der Waals surface area contributed by atoms with Crippen molar-refractivity contribution < 1.29 is 12.6 Å². The topological polar surface area (TPSA) is 37.3 Å². The lowest BCUT2D eigenvalue weighted by atomic mass is 10.1. The summed E-state index contributed by atoms with van der Waals surface area (Å²) in [5.74, 6) is 2.03. The zero-order valence-corrected chi connectivity index (χ0v) is 16.7. The first-order valence-electron chi connectivity index (χ1n) is 10.1. The normalized spacial score (nSPS) is 13.1. The van der Waals surface area contributed by atoms with Crippen molar-refractivity contribution in [1.82, 2.24) is 0 Å². The maximum absolute atomic E-state index is 10.7. The highest BCUT2D eigenvalue weighted by Gasteiger charge is 2.10. The molecular weight excluding hydrogens is 360 g/mol. The molecule has 0 aromatic heterocycles. The Morgan fingerprint density at radius 3 is 2.65 bits per heavy atom. The van der Waals surface area contributed by atoms with Gasteiger partial charge in [-0.3, -0.25) is 4.79 Å². The largest absolute Gasteiger partial charge is 0.481 e. The molecule has 2 aromatic rings. The molecule has 0 bridgehead atoms. The third kappa shape index (κ3) is 9.35. The van der Waals surface area contributed by atoms with E-state index >= 15 is 0 Å². The fourth-order valence-electron chi connectivity index (χ4n) is 2.61. The minimum atomic E-state index is -0.716. The molecule has 140 valence electrons. The second-order valence-electron chi connectivity index (χ2n) is 6.21. The minimum absolute atomic E-state index is 0.251. The van der Waals surface area contributed by atoms with Crippen molar-refractivity contribution in [2.75, 3.05) is 5.75 Å². The Morgan fingerprint density at radius 1 is 1.00 bits per heavy atom. The first-order chi connectivity index (χ1) is 13.5. The van der Waals surface area contributed by atoms with Crippen LogP contribution in [0, 0.1) is 0 Å². The molecule has 0 aliphatic carbocycles. The van der Waals surface area contributed by atoms with Crippen LogP contribution >= 0.6 is 23.5 Å². The average molecular weight is 391 g/mol. The van der Waals surface area contributed by atoms with Gasteiger partial charge in [-0.25, -0.2) is 0 Å². The van der Waals surface area contributed by atoms with Crippen molar-refractivity contribution in [2.45, 2.75) is 48.9 Å². The van der Waals surface area contributed by atoms with Gasteiger partial charge in [0.25, 0.3) is 0 Å². The summed E-state index contributed by atoms with van der Waals surface area (Å²) in [5, 5.41) is 9.33. The Balaban J connectivity index is 1.78. The van der Waals surface area contributed by atoms with E-state index in [1.807, 2.05) is 29.6 Å². The van der Waals surface area contributed by atoms with E-state index in [-0.39, 0.29) is 6.42 Å². The lowest BCUT2D eigenvalue weighted by molar-refractivity contribution is -0.137. The van der Waals surface area contributed by atoms with Gasteiger partial charge >= 0.3 is 5.97 Å². The number of aliphatic carboxylic acids is 1. The molecule has 0 aliphatic rings. The van der Waals surface area contributed by atoms with Crippen LogP contribution < -0.4 is 0 Å². The van der Waals surface area contributed by atoms with Crippen LogP contribution in [-0.2, 0) is 16.3 Å². The molecule has 0 aliphatic heterocycles. The lowest BCUT2D eigenvalue weighted by Gasteiger charge is -2.16. The lowest BCUT2D eigenvalue weighted by Crippen LogP contribution is -2.06. The number of thioether (sulfide) groups is 2. The third-order valence-corrected chi connectivity index (χ3v) is 6.53. The van der Waals surface area contributed by atoms with E-state index < -0.39 is 5.97 Å². The highest BCUT2D eigenvalue weighted by molar-refractivity contribution is 7.99. The monoisotopic (exact) mass is 390 g/mol. The molecule has 0 saturated heterocycles. The van der Waals surface area contributed by atoms with E-state index in [9.17, 15) is 4.79 Å². The molecule has 2 aromatic carbocycles. The van der Waals surface area contributed by atoms with E-state index in [1.165, 1.54) is 5.56 Å². The van der Waals surface area contributed by atoms with Crippen molar-refractivity contribution in [3.8, 4) is 0 Å². The number of hydrogen-bond acceptors (Lipinski definition) is 3. The first-order valence-corrected chi connectivity index (χ1v) is 11.3. The molecule has 0 saturated carbocycles. The van der Waals surface area contributed by atoms with E-state index in [1.54, 1.807) is 18.2 Å². The van der Waals surface area contributed by atoms with Gasteiger partial charge in [-0.05, 0) is 36.1 Å². The van der Waals surface area contributed by atoms with E-state index in [2.05, 4.69) is 24.3 Å². The van der Waals surface area contributed by atoms with Gasteiger partial charge in [0.1, 0.15) is 0 Å². The van der Waals surface area contributed by atoms with Crippen molar-refractivity contribution in [1.29, 1.82) is 0 Å². The van der Waals surface area contributed by atoms with Crippen molar-refractivity contribution in [3.05, 3.63) is 71.7 Å². The molecule has 0 heterocycles. The highest BCUT2D eigenvalue weighted by atomic mass is 32.2. The average Bonchev–Trinajstić information content (AvgIpc) is 2.69. The Hall–Kier alpha value is -1.39. The number of carbonyl (C=O) groups is 1. The van der Waals surface area contributed by atoms with Crippen LogP contribution in [0.2, 0.25) is 0 Å². The summed E-state index contributed by atoms with van der Waals surface area (Å²) in [6.45, 7) is 0. The van der Waals surface area contributed by atoms with E-state index in [0.717, 1.165) is 48.5 Å². The predicted octanol–water partition coefficient (Wildman–Crippen LogP) is 6.26. The summed E-state index contributed by atoms with van der Waals surface area (Å²) in [4.78, 5) is 10.7. The van der Waals surface area contributed by atoms with Gasteiger partial charge < -0.3 is 5.11 Å². The van der Waals surface area contributed by atoms with Crippen LogP contribution in [0.1, 0.15) is 46.0 Å². The zero-order chi connectivity index (χ0) is 20.2. The number of unbranched alkanes of at least 4 members (excludes halogenated alkanes) is 1. The fourth-order valence-corrected chi connectivity index (χ4v) is 4.98. The molecule has 0 fully saturated rings. The van der Waals surface area contributed by atoms with Crippen LogP contribution in [0.15, 0.2) is 60.6 Å². The predicted molar refractivity (Wildman–Crippen MR) is 115 cm³/mol. The van der Waals surface area contributed by atoms with Crippen molar-refractivity contribution in [3.63, 3.8) is 0 Å². The Bertz CT molecular complexity index is 726. The van der Waals surface area contributed by atoms with Gasteiger partial charge in [-0.2, -0.15) is 23.5 Å². The Labute approximate surface area is 168 Å². The van der Waals surface area contributed by atoms with Crippen molar-refractivity contribution >= 4 is 29.5 Å². The van der Waals surface area contributed by atoms with Crippen LogP contribution in [-0.4, -0.2) is 22.1 Å². The van der Waals surface area contributed by atoms with Gasteiger partial charge in [0, 0.05) is 23.2 Å². The SMILES string of the molecule is [2H]c1ccc([2H])c(CSCCC(CCCCC(=O)O)SCc2ccccc2)c1. The number of benzene rings is 2. The smallest absolute Gasteiger partial charge is 0.303 e. The number of carboxylic acids is 1. The quantitative estimate of drug-likeness (QED) is 0.410. The maximum atomic E-state index is 10.7. The molecule has 4 heteroatoms. The van der Waals surface area contributed by atoms with Crippen molar-refractivity contribution in [2.24, 2.45) is 0 Å². The molecule has 26 heavy (non-hydrogen) atoms. The summed E-state index contributed by atoms with van der Waals surface area (Å²) in [6.07, 6.45) is 4.05. The van der Waals surface area contributed by atoms with Crippen LogP contribution in [0.25, 0.3) is 0 Å². The molecule has 1 unspecified atom stereocenters. The van der Waals surface area contributed by atoms with Crippen LogP contribution in [0.3, 0.4) is 0 Å². The molecule has 0 spiro atoms. The molecule has 0 radical (unpaired) electrons. The Morgan fingerprint density at radius 2 is 1.85 bits per heavy atom. The van der Waals surface area contributed by atoms with Gasteiger partial charge in [-0.15, -0.1) is 0 Å². The molecule has 2 rings (SSSR count). The van der Waals surface area contributed by atoms with Crippen LogP contribution in [0.5, 0.6) is 0 Å². The van der Waals surface area contributed by atoms with Gasteiger partial charge in [0.2, 0.25) is 0 Å². The summed E-state index contributed by atoms with van der Waals surface area (Å²) < 4.78 is 15.7. The van der Waals surface area contributed by atoms with E-state index in [4.69, 9.17) is 7.85 Å². The molecule has 1 N–H and O–H groups in total. The third-order valence-electron chi connectivity index (χ3n) is 4.04. The van der Waals surface area contributed by atoms with E-state index in [0.29, 0.717) is 17.3 Å². The molecule has 1 atom stereocenters. The highest BCUT2D eigenvalue weighted by Crippen LogP contribution is 2.27. The summed E-state index contributed by atoms with van der Waals surface area (Å²) >= 11 is 3.77. The second kappa shape index (κ2) is 12.9. The summed E-state index contributed by atoms with van der Waals surface area (Å²) in [5.41, 5.74) is 2.24. The molecule has 2 nitrogen and oxygen atoms in total. The summed E-state index contributed by atoms with van der Waals surface area (Å²) in [7, 11) is 0. The minimum Gasteiger partial charge on any atom is -0.481 e. The number of rotatable bonds is 13. The first kappa shape index (κ1) is 18.0. The number of carboxylic acid groups (broad SMARTS) is 1.